The van der Waals surface area contributed by atoms with Gasteiger partial charge in [-0.05, 0) is 37.0 Å². The van der Waals surface area contributed by atoms with E-state index in [9.17, 15) is 9.59 Å². The molecule has 0 heterocycles. The van der Waals surface area contributed by atoms with Crippen molar-refractivity contribution in [3.63, 3.8) is 0 Å². The molecule has 0 saturated heterocycles. The summed E-state index contributed by atoms with van der Waals surface area (Å²) in [4.78, 5) is 26.6. The van der Waals surface area contributed by atoms with Crippen LogP contribution in [0.15, 0.2) is 48.5 Å². The monoisotopic (exact) mass is 327 g/mol. The van der Waals surface area contributed by atoms with Gasteiger partial charge in [-0.1, -0.05) is 41.9 Å². The lowest BCUT2D eigenvalue weighted by Crippen LogP contribution is -2.32. The Morgan fingerprint density at radius 3 is 2.43 bits per heavy atom. The molecule has 0 radical (unpaired) electrons. The maximum atomic E-state index is 12.9. The van der Waals surface area contributed by atoms with Gasteiger partial charge in [-0.2, -0.15) is 0 Å². The van der Waals surface area contributed by atoms with Crippen molar-refractivity contribution in [2.75, 3.05) is 11.4 Å². The molecule has 0 unspecified atom stereocenters. The molecular formula is C19H18ClNO2. The second kappa shape index (κ2) is 6.55. The van der Waals surface area contributed by atoms with Crippen LogP contribution in [0.4, 0.5) is 5.69 Å². The van der Waals surface area contributed by atoms with E-state index >= 15 is 0 Å². The average molecular weight is 328 g/mol. The number of nitrogens with zero attached hydrogens (tertiary/aromatic N) is 1. The van der Waals surface area contributed by atoms with E-state index in [2.05, 4.69) is 0 Å². The number of ketones is 1. The molecule has 23 heavy (non-hydrogen) atoms. The van der Waals surface area contributed by atoms with Crippen LogP contribution in [0.25, 0.3) is 0 Å². The van der Waals surface area contributed by atoms with Crippen molar-refractivity contribution in [1.82, 2.24) is 0 Å². The molecule has 118 valence electrons. The molecule has 1 fully saturated rings. The highest BCUT2D eigenvalue weighted by atomic mass is 35.5. The van der Waals surface area contributed by atoms with Crippen molar-refractivity contribution < 1.29 is 9.59 Å². The van der Waals surface area contributed by atoms with Gasteiger partial charge >= 0.3 is 0 Å². The number of rotatable bonds is 5. The second-order valence-corrected chi connectivity index (χ2v) is 6.37. The first kappa shape index (κ1) is 15.8. The summed E-state index contributed by atoms with van der Waals surface area (Å²) >= 11 is 6.10. The minimum absolute atomic E-state index is 0.0543. The zero-order valence-corrected chi connectivity index (χ0v) is 13.7. The van der Waals surface area contributed by atoms with Crippen LogP contribution in [0.1, 0.15) is 35.7 Å². The van der Waals surface area contributed by atoms with E-state index in [4.69, 9.17) is 11.6 Å². The largest absolute Gasteiger partial charge is 0.312 e. The van der Waals surface area contributed by atoms with Crippen LogP contribution in [0.2, 0.25) is 5.02 Å². The Morgan fingerprint density at radius 1 is 1.13 bits per heavy atom. The summed E-state index contributed by atoms with van der Waals surface area (Å²) in [6.07, 6.45) is 2.28. The van der Waals surface area contributed by atoms with E-state index < -0.39 is 0 Å². The van der Waals surface area contributed by atoms with Gasteiger partial charge in [-0.15, -0.1) is 0 Å². The fourth-order valence-corrected chi connectivity index (χ4v) is 2.80. The third-order valence-electron chi connectivity index (χ3n) is 4.05. The summed E-state index contributed by atoms with van der Waals surface area (Å²) in [5, 5.41) is 0.489. The molecule has 2 aromatic rings. The van der Waals surface area contributed by atoms with Crippen LogP contribution in [0, 0.1) is 5.92 Å². The van der Waals surface area contributed by atoms with E-state index in [0.29, 0.717) is 34.3 Å². The summed E-state index contributed by atoms with van der Waals surface area (Å²) in [5.41, 5.74) is 1.70. The Kier molecular flexibility index (Phi) is 4.49. The third-order valence-corrected chi connectivity index (χ3v) is 4.28. The van der Waals surface area contributed by atoms with Crippen LogP contribution in [-0.2, 0) is 4.79 Å². The molecule has 3 rings (SSSR count). The number of anilines is 1. The molecule has 0 spiro atoms. The van der Waals surface area contributed by atoms with Gasteiger partial charge < -0.3 is 4.90 Å². The molecule has 2 aromatic carbocycles. The average Bonchev–Trinajstić information content (AvgIpc) is 3.37. The Labute approximate surface area is 140 Å². The van der Waals surface area contributed by atoms with Crippen LogP contribution < -0.4 is 4.90 Å². The first-order valence-electron chi connectivity index (χ1n) is 7.73. The Hall–Kier alpha value is -2.13. The predicted octanol–water partition coefficient (Wildman–Crippen LogP) is 4.33. The number of carbonyl (C=O) groups excluding carboxylic acids is 2. The second-order valence-electron chi connectivity index (χ2n) is 5.93. The first-order chi connectivity index (χ1) is 11.1. The summed E-state index contributed by atoms with van der Waals surface area (Å²) in [5.74, 6) is 0.362. The first-order valence-corrected chi connectivity index (χ1v) is 8.11. The summed E-state index contributed by atoms with van der Waals surface area (Å²) < 4.78 is 0. The highest BCUT2D eigenvalue weighted by molar-refractivity contribution is 6.31. The summed E-state index contributed by atoms with van der Waals surface area (Å²) in [6.45, 7) is 2.19. The van der Waals surface area contributed by atoms with Crippen LogP contribution in [0.3, 0.4) is 0 Å². The molecule has 3 nitrogen and oxygen atoms in total. The van der Waals surface area contributed by atoms with Gasteiger partial charge in [0.1, 0.15) is 0 Å². The minimum Gasteiger partial charge on any atom is -0.312 e. The maximum absolute atomic E-state index is 12.9. The minimum atomic E-state index is -0.120. The normalized spacial score (nSPS) is 13.7. The van der Waals surface area contributed by atoms with Crippen molar-refractivity contribution >= 4 is 29.0 Å². The van der Waals surface area contributed by atoms with Gasteiger partial charge in [0.25, 0.3) is 0 Å². The molecule has 4 heteroatoms. The molecule has 1 saturated carbocycles. The fourth-order valence-electron chi connectivity index (χ4n) is 2.63. The van der Waals surface area contributed by atoms with Crippen LogP contribution >= 0.6 is 11.6 Å². The van der Waals surface area contributed by atoms with E-state index in [1.54, 1.807) is 35.2 Å². The zero-order valence-electron chi connectivity index (χ0n) is 13.0. The van der Waals surface area contributed by atoms with E-state index in [1.807, 2.05) is 18.2 Å². The van der Waals surface area contributed by atoms with Crippen molar-refractivity contribution in [3.8, 4) is 0 Å². The fraction of sp³-hybridized carbons (Fsp3) is 0.263. The third kappa shape index (κ3) is 3.62. The van der Waals surface area contributed by atoms with Crippen molar-refractivity contribution in [3.05, 3.63) is 64.7 Å². The van der Waals surface area contributed by atoms with Gasteiger partial charge in [0.2, 0.25) is 5.91 Å². The van der Waals surface area contributed by atoms with Crippen molar-refractivity contribution in [1.29, 1.82) is 0 Å². The lowest BCUT2D eigenvalue weighted by Gasteiger charge is -2.24. The molecule has 1 aliphatic rings. The molecule has 1 aliphatic carbocycles. The number of hydrogen-bond acceptors (Lipinski definition) is 2. The standard InChI is InChI=1S/C19H18ClNO2/c1-13(22)21(12-14-7-8-14)18-10-9-16(20)11-17(18)19(23)15-5-3-2-4-6-15/h2-6,9-11,14H,7-8,12H2,1H3. The molecule has 1 amide bonds. The topological polar surface area (TPSA) is 37.4 Å². The van der Waals surface area contributed by atoms with E-state index in [1.165, 1.54) is 6.92 Å². The summed E-state index contributed by atoms with van der Waals surface area (Å²) in [6, 6.07) is 14.2. The van der Waals surface area contributed by atoms with Gasteiger partial charge in [0, 0.05) is 29.6 Å². The summed E-state index contributed by atoms with van der Waals surface area (Å²) in [7, 11) is 0. The van der Waals surface area contributed by atoms with E-state index in [-0.39, 0.29) is 11.7 Å². The van der Waals surface area contributed by atoms with E-state index in [0.717, 1.165) is 12.8 Å². The number of amides is 1. The van der Waals surface area contributed by atoms with Crippen LogP contribution in [0.5, 0.6) is 0 Å². The van der Waals surface area contributed by atoms with Gasteiger partial charge in [-0.25, -0.2) is 0 Å². The smallest absolute Gasteiger partial charge is 0.223 e. The number of benzene rings is 2. The number of carbonyl (C=O) groups is 2. The Morgan fingerprint density at radius 2 is 1.83 bits per heavy atom. The number of hydrogen-bond donors (Lipinski definition) is 0. The highest BCUT2D eigenvalue weighted by Crippen LogP contribution is 2.34. The predicted molar refractivity (Wildman–Crippen MR) is 92.1 cm³/mol. The van der Waals surface area contributed by atoms with Crippen LogP contribution in [-0.4, -0.2) is 18.2 Å². The molecule has 0 N–H and O–H groups in total. The van der Waals surface area contributed by atoms with Gasteiger partial charge in [0.05, 0.1) is 5.69 Å². The SMILES string of the molecule is CC(=O)N(CC1CC1)c1ccc(Cl)cc1C(=O)c1ccccc1. The highest BCUT2D eigenvalue weighted by Gasteiger charge is 2.28. The number of halogens is 1. The molecule has 0 atom stereocenters. The van der Waals surface area contributed by atoms with Crippen molar-refractivity contribution in [2.24, 2.45) is 5.92 Å². The maximum Gasteiger partial charge on any atom is 0.223 e. The zero-order chi connectivity index (χ0) is 16.4. The quantitative estimate of drug-likeness (QED) is 0.766. The molecule has 0 bridgehead atoms. The molecule has 0 aromatic heterocycles. The van der Waals surface area contributed by atoms with Crippen molar-refractivity contribution in [2.45, 2.75) is 19.8 Å². The Balaban J connectivity index is 2.03. The van der Waals surface area contributed by atoms with Gasteiger partial charge in [-0.3, -0.25) is 9.59 Å². The molecule has 0 aliphatic heterocycles. The van der Waals surface area contributed by atoms with Gasteiger partial charge in [0.15, 0.2) is 5.78 Å². The molecular weight excluding hydrogens is 310 g/mol. The lowest BCUT2D eigenvalue weighted by atomic mass is 10.0. The lowest BCUT2D eigenvalue weighted by molar-refractivity contribution is -0.116. The Bertz CT molecular complexity index is 738.